The highest BCUT2D eigenvalue weighted by Gasteiger charge is 2.70. The predicted octanol–water partition coefficient (Wildman–Crippen LogP) is 1.21. The van der Waals surface area contributed by atoms with Gasteiger partial charge in [-0.15, -0.1) is 0 Å². The van der Waals surface area contributed by atoms with Gasteiger partial charge in [-0.25, -0.2) is 0 Å². The van der Waals surface area contributed by atoms with Gasteiger partial charge in [-0.1, -0.05) is 0 Å². The Morgan fingerprint density at radius 2 is 1.68 bits per heavy atom. The molecule has 2 saturated carbocycles. The fourth-order valence-corrected chi connectivity index (χ4v) is 5.63. The van der Waals surface area contributed by atoms with E-state index in [4.69, 9.17) is 14.0 Å². The lowest BCUT2D eigenvalue weighted by atomic mass is 9.71. The van der Waals surface area contributed by atoms with Crippen LogP contribution < -0.4 is 0 Å². The summed E-state index contributed by atoms with van der Waals surface area (Å²) in [5.74, 6) is -5.65. The van der Waals surface area contributed by atoms with Crippen molar-refractivity contribution in [1.82, 2.24) is 0 Å². The van der Waals surface area contributed by atoms with E-state index in [0.29, 0.717) is 6.42 Å². The number of carbonyl (C=O) groups excluding carboxylic acids is 3. The molecule has 194 valence electrons. The van der Waals surface area contributed by atoms with Gasteiger partial charge >= 0.3 is 39.5 Å². The summed E-state index contributed by atoms with van der Waals surface area (Å²) >= 11 is 0. The summed E-state index contributed by atoms with van der Waals surface area (Å²) in [5, 5.41) is 4.57. The monoisotopic (exact) mass is 524 g/mol. The van der Waals surface area contributed by atoms with E-state index in [0.717, 1.165) is 0 Å². The molecule has 7 atom stereocenters. The van der Waals surface area contributed by atoms with Gasteiger partial charge in [0.2, 0.25) is 0 Å². The maximum Gasteiger partial charge on any atom is 0.432 e. The molecule has 1 saturated heterocycles. The third-order valence-corrected chi connectivity index (χ3v) is 7.26. The molecule has 1 aliphatic heterocycles. The minimum absolute atomic E-state index is 0.313. The molecule has 3 fully saturated rings. The van der Waals surface area contributed by atoms with Gasteiger partial charge in [-0.05, 0) is 20.3 Å². The van der Waals surface area contributed by atoms with Crippen molar-refractivity contribution in [3.05, 3.63) is 0 Å². The number of alkyl halides is 5. The Bertz CT molecular complexity index is 973. The summed E-state index contributed by atoms with van der Waals surface area (Å²) in [4.78, 5) is 36.0. The minimum Gasteiger partial charge on any atom is -0.458 e. The van der Waals surface area contributed by atoms with Crippen molar-refractivity contribution in [3.63, 3.8) is 0 Å². The van der Waals surface area contributed by atoms with E-state index in [9.17, 15) is 49.9 Å². The van der Waals surface area contributed by atoms with Crippen LogP contribution in [-0.4, -0.2) is 71.3 Å². The van der Waals surface area contributed by atoms with Crippen LogP contribution >= 0.6 is 0 Å². The summed E-state index contributed by atoms with van der Waals surface area (Å²) in [6, 6.07) is 0. The largest absolute Gasteiger partial charge is 0.458 e. The predicted molar refractivity (Wildman–Crippen MR) is 96.3 cm³/mol. The lowest BCUT2D eigenvalue weighted by Gasteiger charge is -2.38. The number of rotatable bonds is 8. The van der Waals surface area contributed by atoms with E-state index in [2.05, 4.69) is 4.74 Å². The van der Waals surface area contributed by atoms with Crippen LogP contribution in [0.5, 0.6) is 0 Å². The van der Waals surface area contributed by atoms with Gasteiger partial charge in [0.15, 0.2) is 0 Å². The molecular formula is C18H21F5O10S. The van der Waals surface area contributed by atoms with E-state index < -0.39 is 94.0 Å². The van der Waals surface area contributed by atoms with Crippen LogP contribution in [0.3, 0.4) is 0 Å². The quantitative estimate of drug-likeness (QED) is 0.205. The zero-order valence-electron chi connectivity index (χ0n) is 17.6. The first kappa shape index (κ1) is 26.5. The van der Waals surface area contributed by atoms with E-state index in [-0.39, 0.29) is 5.92 Å². The molecule has 7 unspecified atom stereocenters. The molecule has 0 aromatic rings. The Kier molecular flexibility index (Phi) is 6.44. The zero-order valence-corrected chi connectivity index (χ0v) is 18.4. The molecule has 10 nitrogen and oxygen atoms in total. The zero-order chi connectivity index (χ0) is 26.0. The maximum atomic E-state index is 13.5. The topological polar surface area (TPSA) is 154 Å². The van der Waals surface area contributed by atoms with Crippen molar-refractivity contribution in [2.45, 2.75) is 68.5 Å². The maximum absolute atomic E-state index is 13.5. The minimum atomic E-state index is -6.59. The second-order valence-electron chi connectivity index (χ2n) is 9.07. The number of hydrogen-bond donors (Lipinski definition) is 2. The van der Waals surface area contributed by atoms with Gasteiger partial charge in [-0.3, -0.25) is 18.9 Å². The Morgan fingerprint density at radius 1 is 1.12 bits per heavy atom. The van der Waals surface area contributed by atoms with Crippen molar-refractivity contribution in [1.29, 1.82) is 0 Å². The molecule has 16 heteroatoms. The van der Waals surface area contributed by atoms with Crippen molar-refractivity contribution < 1.29 is 68.6 Å². The molecule has 2 N–H and O–H groups in total. The average molecular weight is 524 g/mol. The first-order valence-electron chi connectivity index (χ1n) is 10.00. The van der Waals surface area contributed by atoms with E-state index in [1.54, 1.807) is 0 Å². The number of carbonyl (C=O) groups is 3. The number of esters is 3. The molecule has 2 aliphatic carbocycles. The standard InChI is InChI=1S/C18H21F5O10S/c1-16(2,27)11-7-5-6-10(11)14(26)33-12(6)13(7)31-8(24)3-4-9(25)32-15(17(19,20)21)18(22,23)34(28,29)30/h6-7,10-13,15,27H,3-5H2,1-2H3,(H,28,29,30). The molecule has 3 aliphatic rings. The van der Waals surface area contributed by atoms with Crippen LogP contribution in [0.1, 0.15) is 33.1 Å². The fraction of sp³-hybridized carbons (Fsp3) is 0.833. The molecule has 0 aromatic carbocycles. The number of halogens is 5. The van der Waals surface area contributed by atoms with E-state index in [1.807, 2.05) is 0 Å². The molecule has 1 heterocycles. The third kappa shape index (κ3) is 4.58. The smallest absolute Gasteiger partial charge is 0.432 e. The number of ether oxygens (including phenoxy) is 3. The van der Waals surface area contributed by atoms with E-state index in [1.165, 1.54) is 13.8 Å². The van der Waals surface area contributed by atoms with Crippen molar-refractivity contribution in [2.75, 3.05) is 0 Å². The Morgan fingerprint density at radius 3 is 2.18 bits per heavy atom. The molecule has 0 spiro atoms. The first-order chi connectivity index (χ1) is 15.3. The van der Waals surface area contributed by atoms with E-state index >= 15 is 0 Å². The van der Waals surface area contributed by atoms with Gasteiger partial charge in [-0.2, -0.15) is 30.4 Å². The highest BCUT2D eigenvalue weighted by molar-refractivity contribution is 7.86. The third-order valence-electron chi connectivity index (χ3n) is 6.36. The van der Waals surface area contributed by atoms with Gasteiger partial charge < -0.3 is 19.3 Å². The Hall–Kier alpha value is -2.07. The highest BCUT2D eigenvalue weighted by Crippen LogP contribution is 2.61. The van der Waals surface area contributed by atoms with Crippen LogP contribution in [0.15, 0.2) is 0 Å². The summed E-state index contributed by atoms with van der Waals surface area (Å²) in [7, 11) is -6.59. The van der Waals surface area contributed by atoms with Gasteiger partial charge in [0.25, 0.3) is 6.10 Å². The van der Waals surface area contributed by atoms with Crippen molar-refractivity contribution in [2.24, 2.45) is 23.7 Å². The number of aliphatic hydroxyl groups is 1. The summed E-state index contributed by atoms with van der Waals surface area (Å²) in [6.07, 6.45) is -14.0. The lowest BCUT2D eigenvalue weighted by molar-refractivity contribution is -0.259. The molecular weight excluding hydrogens is 503 g/mol. The second kappa shape index (κ2) is 8.26. The second-order valence-corrected chi connectivity index (χ2v) is 10.6. The lowest BCUT2D eigenvalue weighted by Crippen LogP contribution is -2.52. The van der Waals surface area contributed by atoms with Gasteiger partial charge in [0.05, 0.1) is 24.4 Å². The Balaban J connectivity index is 1.62. The van der Waals surface area contributed by atoms with Crippen LogP contribution in [-0.2, 0) is 38.7 Å². The van der Waals surface area contributed by atoms with Gasteiger partial charge in [0, 0.05) is 17.8 Å². The molecule has 0 radical (unpaired) electrons. The molecule has 3 rings (SSSR count). The average Bonchev–Trinajstić information content (AvgIpc) is 3.25. The number of fused-ring (bicyclic) bond motifs is 1. The van der Waals surface area contributed by atoms with Crippen LogP contribution in [0.4, 0.5) is 22.0 Å². The molecule has 34 heavy (non-hydrogen) atoms. The molecule has 0 amide bonds. The normalized spacial score (nSPS) is 31.9. The number of hydrogen-bond acceptors (Lipinski definition) is 9. The van der Waals surface area contributed by atoms with Crippen LogP contribution in [0, 0.1) is 23.7 Å². The Labute approximate surface area is 189 Å². The fourth-order valence-electron chi connectivity index (χ4n) is 5.18. The summed E-state index contributed by atoms with van der Waals surface area (Å²) in [5.41, 5.74) is -1.32. The highest BCUT2D eigenvalue weighted by atomic mass is 32.2. The summed E-state index contributed by atoms with van der Waals surface area (Å²) in [6.45, 7) is 2.96. The SMILES string of the molecule is CC(C)(O)C1C2CC3C(OC(=O)C31)C2OC(=O)CCC(=O)OC(C(F)(F)F)C(F)(F)S(=O)(=O)O. The van der Waals surface area contributed by atoms with Crippen molar-refractivity contribution in [3.8, 4) is 0 Å². The van der Waals surface area contributed by atoms with Crippen molar-refractivity contribution >= 4 is 28.0 Å². The first-order valence-corrected chi connectivity index (χ1v) is 11.4. The van der Waals surface area contributed by atoms with Gasteiger partial charge in [0.1, 0.15) is 12.2 Å². The van der Waals surface area contributed by atoms with Crippen LogP contribution in [0.25, 0.3) is 0 Å². The van der Waals surface area contributed by atoms with Crippen LogP contribution in [0.2, 0.25) is 0 Å². The molecule has 2 bridgehead atoms. The summed E-state index contributed by atoms with van der Waals surface area (Å²) < 4.78 is 109. The molecule has 0 aromatic heterocycles.